The molecule has 0 radical (unpaired) electrons. The maximum Gasteiger partial charge on any atom is 0.255 e. The van der Waals surface area contributed by atoms with Gasteiger partial charge in [-0.25, -0.2) is 4.98 Å². The number of hydrogen-bond donors (Lipinski definition) is 0. The molecule has 94 valence electrons. The lowest BCUT2D eigenvalue weighted by atomic mass is 10.1. The van der Waals surface area contributed by atoms with Crippen molar-refractivity contribution in [2.75, 3.05) is 13.7 Å². The van der Waals surface area contributed by atoms with E-state index in [0.29, 0.717) is 13.0 Å². The first-order valence-corrected chi connectivity index (χ1v) is 5.66. The molecule has 1 aromatic carbocycles. The van der Waals surface area contributed by atoms with E-state index in [1.807, 2.05) is 24.3 Å². The van der Waals surface area contributed by atoms with E-state index in [2.05, 4.69) is 4.98 Å². The number of pyridine rings is 1. The second-order valence-corrected chi connectivity index (χ2v) is 3.74. The Hall–Kier alpha value is -2.10. The molecule has 0 aliphatic carbocycles. The molecule has 1 aromatic heterocycles. The number of benzene rings is 1. The minimum atomic E-state index is -0.577. The van der Waals surface area contributed by atoms with Crippen LogP contribution in [-0.2, 0) is 6.42 Å². The predicted molar refractivity (Wildman–Crippen MR) is 66.4 cm³/mol. The molecular weight excluding hydrogens is 233 g/mol. The van der Waals surface area contributed by atoms with Gasteiger partial charge in [-0.05, 0) is 29.8 Å². The van der Waals surface area contributed by atoms with Crippen molar-refractivity contribution in [2.24, 2.45) is 0 Å². The van der Waals surface area contributed by atoms with Crippen LogP contribution in [0.5, 0.6) is 11.5 Å². The summed E-state index contributed by atoms with van der Waals surface area (Å²) < 4.78 is 23.6. The summed E-state index contributed by atoms with van der Waals surface area (Å²) in [5.74, 6) is 0.427. The number of aromatic nitrogens is 1. The van der Waals surface area contributed by atoms with Gasteiger partial charge < -0.3 is 9.47 Å². The van der Waals surface area contributed by atoms with Crippen molar-refractivity contribution in [3.63, 3.8) is 0 Å². The van der Waals surface area contributed by atoms with E-state index in [1.54, 1.807) is 19.2 Å². The van der Waals surface area contributed by atoms with Gasteiger partial charge in [0.25, 0.3) is 5.95 Å². The molecule has 2 aromatic rings. The van der Waals surface area contributed by atoms with E-state index >= 15 is 0 Å². The highest BCUT2D eigenvalue weighted by Gasteiger charge is 2.02. The summed E-state index contributed by atoms with van der Waals surface area (Å²) in [5.41, 5.74) is 1.11. The number of hydrogen-bond acceptors (Lipinski definition) is 3. The summed E-state index contributed by atoms with van der Waals surface area (Å²) in [5, 5.41) is 0. The van der Waals surface area contributed by atoms with Gasteiger partial charge in [-0.2, -0.15) is 4.39 Å². The van der Waals surface area contributed by atoms with Gasteiger partial charge in [-0.15, -0.1) is 0 Å². The van der Waals surface area contributed by atoms with E-state index < -0.39 is 5.95 Å². The van der Waals surface area contributed by atoms with Crippen LogP contribution >= 0.6 is 0 Å². The third-order valence-corrected chi connectivity index (χ3v) is 2.53. The molecule has 0 spiro atoms. The van der Waals surface area contributed by atoms with Gasteiger partial charge in [-0.3, -0.25) is 0 Å². The Kier molecular flexibility index (Phi) is 4.12. The lowest BCUT2D eigenvalue weighted by Gasteiger charge is -2.07. The van der Waals surface area contributed by atoms with Crippen LogP contribution < -0.4 is 9.47 Å². The minimum absolute atomic E-state index is 0.186. The molecule has 0 bridgehead atoms. The number of ether oxygens (including phenoxy) is 2. The van der Waals surface area contributed by atoms with Crippen LogP contribution in [-0.4, -0.2) is 18.7 Å². The van der Waals surface area contributed by atoms with Crippen LogP contribution in [0.2, 0.25) is 0 Å². The molecule has 2 rings (SSSR count). The van der Waals surface area contributed by atoms with Gasteiger partial charge in [-0.1, -0.05) is 12.1 Å². The summed E-state index contributed by atoms with van der Waals surface area (Å²) in [6.45, 7) is 0.412. The van der Waals surface area contributed by atoms with Crippen LogP contribution in [0.3, 0.4) is 0 Å². The fraction of sp³-hybridized carbons (Fsp3) is 0.214. The van der Waals surface area contributed by atoms with Crippen LogP contribution in [0.15, 0.2) is 42.6 Å². The summed E-state index contributed by atoms with van der Waals surface area (Å²) in [6.07, 6.45) is 2.10. The van der Waals surface area contributed by atoms with Crippen molar-refractivity contribution in [3.8, 4) is 11.5 Å². The molecule has 4 heteroatoms. The highest BCUT2D eigenvalue weighted by Crippen LogP contribution is 2.14. The first kappa shape index (κ1) is 12.4. The largest absolute Gasteiger partial charge is 0.497 e. The fourth-order valence-corrected chi connectivity index (χ4v) is 1.55. The number of methoxy groups -OCH3 is 1. The Morgan fingerprint density at radius 3 is 2.61 bits per heavy atom. The predicted octanol–water partition coefficient (Wildman–Crippen LogP) is 2.85. The minimum Gasteiger partial charge on any atom is -0.497 e. The van der Waals surface area contributed by atoms with Gasteiger partial charge in [0.05, 0.1) is 13.7 Å². The third kappa shape index (κ3) is 3.20. The lowest BCUT2D eigenvalue weighted by molar-refractivity contribution is 0.300. The molecule has 0 amide bonds. The van der Waals surface area contributed by atoms with E-state index in [4.69, 9.17) is 9.47 Å². The van der Waals surface area contributed by atoms with Crippen molar-refractivity contribution >= 4 is 0 Å². The second kappa shape index (κ2) is 6.00. The summed E-state index contributed by atoms with van der Waals surface area (Å²) in [7, 11) is 1.63. The Labute approximate surface area is 105 Å². The number of nitrogens with zero attached hydrogens (tertiary/aromatic N) is 1. The molecule has 0 fully saturated rings. The molecule has 0 aliphatic rings. The van der Waals surface area contributed by atoms with Crippen molar-refractivity contribution in [1.29, 1.82) is 0 Å². The van der Waals surface area contributed by atoms with Gasteiger partial charge in [0.1, 0.15) is 5.75 Å². The molecule has 0 atom stereocenters. The third-order valence-electron chi connectivity index (χ3n) is 2.53. The van der Waals surface area contributed by atoms with Crippen LogP contribution in [0.1, 0.15) is 5.56 Å². The van der Waals surface area contributed by atoms with E-state index in [0.717, 1.165) is 11.3 Å². The Morgan fingerprint density at radius 2 is 1.94 bits per heavy atom. The highest BCUT2D eigenvalue weighted by molar-refractivity contribution is 5.27. The van der Waals surface area contributed by atoms with Crippen LogP contribution in [0, 0.1) is 5.95 Å². The maximum atomic E-state index is 13.2. The quantitative estimate of drug-likeness (QED) is 0.761. The van der Waals surface area contributed by atoms with E-state index in [-0.39, 0.29) is 5.75 Å². The smallest absolute Gasteiger partial charge is 0.255 e. The molecule has 0 saturated carbocycles. The average Bonchev–Trinajstić information content (AvgIpc) is 2.42. The summed E-state index contributed by atoms with van der Waals surface area (Å²) in [4.78, 5) is 3.52. The summed E-state index contributed by atoms with van der Waals surface area (Å²) >= 11 is 0. The normalized spacial score (nSPS) is 10.1. The fourth-order valence-electron chi connectivity index (χ4n) is 1.55. The van der Waals surface area contributed by atoms with Gasteiger partial charge >= 0.3 is 0 Å². The Bertz CT molecular complexity index is 499. The molecule has 0 unspecified atom stereocenters. The molecule has 0 saturated heterocycles. The molecule has 0 aliphatic heterocycles. The zero-order chi connectivity index (χ0) is 12.8. The Balaban J connectivity index is 1.86. The topological polar surface area (TPSA) is 31.4 Å². The zero-order valence-electron chi connectivity index (χ0n) is 10.1. The summed E-state index contributed by atoms with van der Waals surface area (Å²) in [6, 6.07) is 10.9. The average molecular weight is 247 g/mol. The first-order valence-electron chi connectivity index (χ1n) is 5.66. The van der Waals surface area contributed by atoms with Crippen molar-refractivity contribution in [1.82, 2.24) is 4.98 Å². The first-order chi connectivity index (χ1) is 8.79. The lowest BCUT2D eigenvalue weighted by Crippen LogP contribution is -2.03. The maximum absolute atomic E-state index is 13.2. The molecule has 18 heavy (non-hydrogen) atoms. The SMILES string of the molecule is COc1ccc(CCOc2cccnc2F)cc1. The second-order valence-electron chi connectivity index (χ2n) is 3.74. The van der Waals surface area contributed by atoms with Gasteiger partial charge in [0, 0.05) is 12.6 Å². The monoisotopic (exact) mass is 247 g/mol. The molecule has 0 N–H and O–H groups in total. The number of halogens is 1. The van der Waals surface area contributed by atoms with Crippen molar-refractivity contribution in [3.05, 3.63) is 54.1 Å². The van der Waals surface area contributed by atoms with Crippen LogP contribution in [0.25, 0.3) is 0 Å². The number of rotatable bonds is 5. The molecular formula is C14H14FNO2. The Morgan fingerprint density at radius 1 is 1.17 bits per heavy atom. The van der Waals surface area contributed by atoms with Crippen molar-refractivity contribution < 1.29 is 13.9 Å². The molecule has 3 nitrogen and oxygen atoms in total. The van der Waals surface area contributed by atoms with Gasteiger partial charge in [0.2, 0.25) is 0 Å². The van der Waals surface area contributed by atoms with E-state index in [9.17, 15) is 4.39 Å². The molecule has 1 heterocycles. The zero-order valence-corrected chi connectivity index (χ0v) is 10.1. The van der Waals surface area contributed by atoms with Gasteiger partial charge in [0.15, 0.2) is 5.75 Å². The standard InChI is InChI=1S/C14H14FNO2/c1-17-12-6-4-11(5-7-12)8-10-18-13-3-2-9-16-14(13)15/h2-7,9H,8,10H2,1H3. The van der Waals surface area contributed by atoms with Crippen LogP contribution in [0.4, 0.5) is 4.39 Å². The van der Waals surface area contributed by atoms with Crippen molar-refractivity contribution in [2.45, 2.75) is 6.42 Å². The van der Waals surface area contributed by atoms with E-state index in [1.165, 1.54) is 6.20 Å². The highest BCUT2D eigenvalue weighted by atomic mass is 19.1.